The molecule has 1 aromatic rings. The lowest BCUT2D eigenvalue weighted by Crippen LogP contribution is -2.45. The van der Waals surface area contributed by atoms with Gasteiger partial charge in [-0.2, -0.15) is 0 Å². The van der Waals surface area contributed by atoms with E-state index in [1.54, 1.807) is 0 Å². The molecule has 0 atom stereocenters. The summed E-state index contributed by atoms with van der Waals surface area (Å²) in [6.07, 6.45) is 4.78. The van der Waals surface area contributed by atoms with Gasteiger partial charge in [0, 0.05) is 23.5 Å². The van der Waals surface area contributed by atoms with Gasteiger partial charge in [0.05, 0.1) is 6.42 Å². The molecule has 4 heteroatoms. The van der Waals surface area contributed by atoms with Crippen molar-refractivity contribution in [2.24, 2.45) is 0 Å². The van der Waals surface area contributed by atoms with Crippen LogP contribution >= 0.6 is 23.2 Å². The molecular formula is C15H19Cl2NO. The van der Waals surface area contributed by atoms with Gasteiger partial charge in [-0.25, -0.2) is 0 Å². The van der Waals surface area contributed by atoms with Crippen LogP contribution in [0.2, 0.25) is 5.02 Å². The number of nitrogens with zero attached hydrogens (tertiary/aromatic N) is 1. The van der Waals surface area contributed by atoms with Crippen LogP contribution in [-0.4, -0.2) is 29.3 Å². The smallest absolute Gasteiger partial charge is 0.227 e. The van der Waals surface area contributed by atoms with Gasteiger partial charge in [0.2, 0.25) is 5.91 Å². The molecule has 0 bridgehead atoms. The molecule has 2 nitrogen and oxygen atoms in total. The van der Waals surface area contributed by atoms with Crippen LogP contribution in [0.1, 0.15) is 31.2 Å². The summed E-state index contributed by atoms with van der Waals surface area (Å²) in [5.41, 5.74) is 0.979. The molecule has 1 fully saturated rings. The number of benzene rings is 1. The van der Waals surface area contributed by atoms with E-state index in [1.807, 2.05) is 29.2 Å². The average Bonchev–Trinajstić information content (AvgIpc) is 2.31. The molecule has 104 valence electrons. The third-order valence-electron chi connectivity index (χ3n) is 3.61. The van der Waals surface area contributed by atoms with Gasteiger partial charge in [-0.3, -0.25) is 4.79 Å². The van der Waals surface area contributed by atoms with Crippen LogP contribution in [0.5, 0.6) is 0 Å². The van der Waals surface area contributed by atoms with Crippen molar-refractivity contribution in [1.82, 2.24) is 4.90 Å². The molecule has 1 amide bonds. The molecule has 0 spiro atoms. The molecule has 0 radical (unpaired) electrons. The summed E-state index contributed by atoms with van der Waals surface area (Å²) >= 11 is 11.7. The maximum absolute atomic E-state index is 12.4. The first kappa shape index (κ1) is 14.7. The Labute approximate surface area is 124 Å². The van der Waals surface area contributed by atoms with Gasteiger partial charge >= 0.3 is 0 Å². The quantitative estimate of drug-likeness (QED) is 0.730. The maximum atomic E-state index is 12.4. The standard InChI is InChI=1S/C15H19Cl2NO/c16-8-3-9-18(14-6-2-7-14)15(19)11-12-4-1-5-13(17)10-12/h1,4-5,10,14H,2-3,6-9,11H2. The van der Waals surface area contributed by atoms with E-state index in [2.05, 4.69) is 0 Å². The summed E-state index contributed by atoms with van der Waals surface area (Å²) in [6.45, 7) is 0.771. The van der Waals surface area contributed by atoms with E-state index in [0.29, 0.717) is 23.4 Å². The monoisotopic (exact) mass is 299 g/mol. The summed E-state index contributed by atoms with van der Waals surface area (Å²) < 4.78 is 0. The van der Waals surface area contributed by atoms with Crippen molar-refractivity contribution >= 4 is 29.1 Å². The van der Waals surface area contributed by atoms with E-state index < -0.39 is 0 Å². The Morgan fingerprint density at radius 1 is 1.37 bits per heavy atom. The van der Waals surface area contributed by atoms with Crippen molar-refractivity contribution in [3.63, 3.8) is 0 Å². The predicted molar refractivity (Wildman–Crippen MR) is 79.8 cm³/mol. The van der Waals surface area contributed by atoms with Crippen molar-refractivity contribution in [2.75, 3.05) is 12.4 Å². The minimum atomic E-state index is 0.192. The number of carbonyl (C=O) groups is 1. The fourth-order valence-corrected chi connectivity index (χ4v) is 2.69. The molecule has 0 aliphatic heterocycles. The molecular weight excluding hydrogens is 281 g/mol. The number of halogens is 2. The van der Waals surface area contributed by atoms with Crippen LogP contribution < -0.4 is 0 Å². The fraction of sp³-hybridized carbons (Fsp3) is 0.533. The largest absolute Gasteiger partial charge is 0.339 e. The predicted octanol–water partition coefficient (Wildman–Crippen LogP) is 3.89. The third kappa shape index (κ3) is 4.12. The van der Waals surface area contributed by atoms with Crippen LogP contribution in [0.25, 0.3) is 0 Å². The topological polar surface area (TPSA) is 20.3 Å². The van der Waals surface area contributed by atoms with Gasteiger partial charge in [-0.15, -0.1) is 11.6 Å². The molecule has 0 saturated heterocycles. The molecule has 0 heterocycles. The van der Waals surface area contributed by atoms with Crippen molar-refractivity contribution < 1.29 is 4.79 Å². The molecule has 0 unspecified atom stereocenters. The van der Waals surface area contributed by atoms with Gasteiger partial charge in [-0.1, -0.05) is 23.7 Å². The Hall–Kier alpha value is -0.730. The average molecular weight is 300 g/mol. The number of amides is 1. The maximum Gasteiger partial charge on any atom is 0.227 e. The molecule has 1 aromatic carbocycles. The lowest BCUT2D eigenvalue weighted by atomic mass is 9.91. The van der Waals surface area contributed by atoms with Crippen molar-refractivity contribution in [3.8, 4) is 0 Å². The van der Waals surface area contributed by atoms with E-state index in [9.17, 15) is 4.79 Å². The normalized spacial score (nSPS) is 15.1. The van der Waals surface area contributed by atoms with Crippen LogP contribution in [0.4, 0.5) is 0 Å². The number of carbonyl (C=O) groups excluding carboxylic acids is 1. The van der Waals surface area contributed by atoms with E-state index in [1.165, 1.54) is 6.42 Å². The molecule has 0 aromatic heterocycles. The number of hydrogen-bond acceptors (Lipinski definition) is 1. The van der Waals surface area contributed by atoms with Gasteiger partial charge in [0.15, 0.2) is 0 Å². The van der Waals surface area contributed by atoms with Gasteiger partial charge in [0.1, 0.15) is 0 Å². The van der Waals surface area contributed by atoms with Gasteiger partial charge in [0.25, 0.3) is 0 Å². The van der Waals surface area contributed by atoms with Crippen LogP contribution in [-0.2, 0) is 11.2 Å². The first-order valence-corrected chi connectivity index (χ1v) is 7.72. The van der Waals surface area contributed by atoms with E-state index in [0.717, 1.165) is 31.4 Å². The van der Waals surface area contributed by atoms with Crippen LogP contribution in [0, 0.1) is 0 Å². The summed E-state index contributed by atoms with van der Waals surface area (Å²) in [4.78, 5) is 14.4. The zero-order chi connectivity index (χ0) is 13.7. The summed E-state index contributed by atoms with van der Waals surface area (Å²) in [6, 6.07) is 7.95. The number of hydrogen-bond donors (Lipinski definition) is 0. The molecule has 1 saturated carbocycles. The van der Waals surface area contributed by atoms with E-state index >= 15 is 0 Å². The minimum Gasteiger partial charge on any atom is -0.339 e. The highest BCUT2D eigenvalue weighted by Crippen LogP contribution is 2.26. The first-order chi connectivity index (χ1) is 9.20. The summed E-state index contributed by atoms with van der Waals surface area (Å²) in [5.74, 6) is 0.797. The summed E-state index contributed by atoms with van der Waals surface area (Å²) in [7, 11) is 0. The minimum absolute atomic E-state index is 0.192. The Morgan fingerprint density at radius 2 is 2.16 bits per heavy atom. The third-order valence-corrected chi connectivity index (χ3v) is 4.12. The number of rotatable bonds is 6. The Morgan fingerprint density at radius 3 is 2.74 bits per heavy atom. The molecule has 2 rings (SSSR count). The molecule has 1 aliphatic rings. The van der Waals surface area contributed by atoms with Crippen LogP contribution in [0.15, 0.2) is 24.3 Å². The second kappa shape index (κ2) is 7.16. The van der Waals surface area contributed by atoms with E-state index in [4.69, 9.17) is 23.2 Å². The number of alkyl halides is 1. The highest BCUT2D eigenvalue weighted by Gasteiger charge is 2.28. The SMILES string of the molecule is O=C(Cc1cccc(Cl)c1)N(CCCCl)C1CCC1. The van der Waals surface area contributed by atoms with E-state index in [-0.39, 0.29) is 5.91 Å². The Bertz CT molecular complexity index is 432. The molecule has 0 N–H and O–H groups in total. The first-order valence-electron chi connectivity index (χ1n) is 6.80. The second-order valence-corrected chi connectivity index (χ2v) is 5.84. The Balaban J connectivity index is 1.98. The fourth-order valence-electron chi connectivity index (χ4n) is 2.36. The van der Waals surface area contributed by atoms with Gasteiger partial charge < -0.3 is 4.90 Å². The molecule has 19 heavy (non-hydrogen) atoms. The Kier molecular flexibility index (Phi) is 5.53. The molecule has 1 aliphatic carbocycles. The van der Waals surface area contributed by atoms with Crippen molar-refractivity contribution in [3.05, 3.63) is 34.9 Å². The van der Waals surface area contributed by atoms with Crippen molar-refractivity contribution in [1.29, 1.82) is 0 Å². The van der Waals surface area contributed by atoms with Gasteiger partial charge in [-0.05, 0) is 43.4 Å². The summed E-state index contributed by atoms with van der Waals surface area (Å²) in [5, 5.41) is 0.682. The highest BCUT2D eigenvalue weighted by atomic mass is 35.5. The lowest BCUT2D eigenvalue weighted by Gasteiger charge is -2.37. The highest BCUT2D eigenvalue weighted by molar-refractivity contribution is 6.30. The van der Waals surface area contributed by atoms with Crippen LogP contribution in [0.3, 0.4) is 0 Å². The second-order valence-electron chi connectivity index (χ2n) is 5.02. The lowest BCUT2D eigenvalue weighted by molar-refractivity contribution is -0.134. The zero-order valence-electron chi connectivity index (χ0n) is 10.9. The zero-order valence-corrected chi connectivity index (χ0v) is 12.5. The van der Waals surface area contributed by atoms with Crippen molar-refractivity contribution in [2.45, 2.75) is 38.1 Å².